The Bertz CT molecular complexity index is 1110. The highest BCUT2D eigenvalue weighted by Crippen LogP contribution is 2.52. The van der Waals surface area contributed by atoms with Gasteiger partial charge in [-0.3, -0.25) is 9.47 Å². The molecule has 1 spiro atoms. The minimum absolute atomic E-state index is 0.0137. The monoisotopic (exact) mass is 400 g/mol. The van der Waals surface area contributed by atoms with Crippen LogP contribution in [-0.4, -0.2) is 24.0 Å². The number of hydrogen-bond acceptors (Lipinski definition) is 5. The van der Waals surface area contributed by atoms with Gasteiger partial charge in [0.25, 0.3) is 5.91 Å². The van der Waals surface area contributed by atoms with Gasteiger partial charge in [-0.2, -0.15) is 0 Å². The van der Waals surface area contributed by atoms with Gasteiger partial charge >= 0.3 is 0 Å². The van der Waals surface area contributed by atoms with Crippen LogP contribution in [0.3, 0.4) is 0 Å². The van der Waals surface area contributed by atoms with Crippen LogP contribution in [-0.2, 0) is 16.8 Å². The van der Waals surface area contributed by atoms with Gasteiger partial charge in [0, 0.05) is 22.7 Å². The highest BCUT2D eigenvalue weighted by Gasteiger charge is 2.58. The molecule has 8 heteroatoms. The lowest BCUT2D eigenvalue weighted by Crippen LogP contribution is -2.43. The van der Waals surface area contributed by atoms with Crippen LogP contribution in [0.5, 0.6) is 17.2 Å². The van der Waals surface area contributed by atoms with Crippen LogP contribution in [0.1, 0.15) is 16.1 Å². The van der Waals surface area contributed by atoms with Crippen LogP contribution in [0.2, 0.25) is 4.34 Å². The van der Waals surface area contributed by atoms with E-state index in [-0.39, 0.29) is 19.3 Å². The Morgan fingerprint density at radius 3 is 2.78 bits per heavy atom. The molecule has 6 nitrogen and oxygen atoms in total. The lowest BCUT2D eigenvalue weighted by molar-refractivity contribution is -0.122. The molecule has 0 saturated carbocycles. The summed E-state index contributed by atoms with van der Waals surface area (Å²) in [6.45, 7) is 0.899. The molecular weight excluding hydrogens is 388 g/mol. The van der Waals surface area contributed by atoms with Gasteiger partial charge in [0.05, 0.1) is 16.6 Å². The zero-order valence-corrected chi connectivity index (χ0v) is 15.5. The Labute approximate surface area is 163 Å². The molecule has 1 amide bonds. The number of amides is 1. The van der Waals surface area contributed by atoms with E-state index in [0.717, 1.165) is 16.1 Å². The summed E-state index contributed by atoms with van der Waals surface area (Å²) in [7, 11) is 0. The second-order valence-electron chi connectivity index (χ2n) is 6.70. The van der Waals surface area contributed by atoms with Crippen molar-refractivity contribution in [2.45, 2.75) is 12.0 Å². The maximum Gasteiger partial charge on any atom is 0.262 e. The molecular formula is C19H13ClN2O4S. The van der Waals surface area contributed by atoms with Crippen LogP contribution < -0.4 is 19.2 Å². The van der Waals surface area contributed by atoms with Gasteiger partial charge in [0.15, 0.2) is 16.9 Å². The number of hydrogen-bond donors (Lipinski definition) is 0. The van der Waals surface area contributed by atoms with Gasteiger partial charge < -0.3 is 14.2 Å². The number of rotatable bonds is 2. The van der Waals surface area contributed by atoms with Gasteiger partial charge in [-0.1, -0.05) is 11.6 Å². The number of ether oxygens (including phenoxy) is 3. The van der Waals surface area contributed by atoms with E-state index in [9.17, 15) is 4.79 Å². The number of carbonyl (C=O) groups is 1. The Hall–Kier alpha value is -2.64. The summed E-state index contributed by atoms with van der Waals surface area (Å²) in [5.41, 5.74) is 0.845. The lowest BCUT2D eigenvalue weighted by Gasteiger charge is -2.22. The van der Waals surface area contributed by atoms with Crippen molar-refractivity contribution in [2.75, 3.05) is 18.4 Å². The van der Waals surface area contributed by atoms with Gasteiger partial charge in [-0.05, 0) is 30.3 Å². The molecule has 0 bridgehead atoms. The van der Waals surface area contributed by atoms with E-state index in [1.807, 2.05) is 47.3 Å². The Balaban J connectivity index is 1.49. The zero-order valence-electron chi connectivity index (χ0n) is 14.0. The summed E-state index contributed by atoms with van der Waals surface area (Å²) >= 11 is 7.54. The van der Waals surface area contributed by atoms with Crippen molar-refractivity contribution >= 4 is 28.8 Å². The molecule has 2 aromatic heterocycles. The fourth-order valence-electron chi connectivity index (χ4n) is 4.11. The predicted octanol–water partition coefficient (Wildman–Crippen LogP) is 3.29. The predicted molar refractivity (Wildman–Crippen MR) is 99.5 cm³/mol. The number of thiophene rings is 1. The van der Waals surface area contributed by atoms with Crippen molar-refractivity contribution in [3.63, 3.8) is 0 Å². The van der Waals surface area contributed by atoms with E-state index in [0.29, 0.717) is 28.1 Å². The van der Waals surface area contributed by atoms with E-state index in [2.05, 4.69) is 0 Å². The molecule has 0 radical (unpaired) electrons. The average molecular weight is 401 g/mol. The number of aromatic nitrogens is 1. The third-order valence-corrected chi connectivity index (χ3v) is 6.55. The smallest absolute Gasteiger partial charge is 0.262 e. The van der Waals surface area contributed by atoms with Crippen molar-refractivity contribution in [1.29, 1.82) is 0 Å². The molecule has 136 valence electrons. The molecule has 27 heavy (non-hydrogen) atoms. The van der Waals surface area contributed by atoms with Crippen molar-refractivity contribution in [1.82, 2.24) is 4.68 Å². The second-order valence-corrected chi connectivity index (χ2v) is 8.50. The standard InChI is InChI=1S/C19H13ClN2O4S/c20-17-4-3-11(27-17)8-22-18(23)19(16-2-1-5-21(16)22)9-24-13-7-15-14(6-12(13)19)25-10-26-15/h1-7H,8-10H2. The van der Waals surface area contributed by atoms with Crippen LogP contribution in [0.4, 0.5) is 0 Å². The third-order valence-electron chi connectivity index (χ3n) is 5.34. The zero-order chi connectivity index (χ0) is 18.2. The van der Waals surface area contributed by atoms with Crippen molar-refractivity contribution < 1.29 is 19.0 Å². The molecule has 0 fully saturated rings. The summed E-state index contributed by atoms with van der Waals surface area (Å²) in [6.07, 6.45) is 1.90. The van der Waals surface area contributed by atoms with Crippen LogP contribution in [0, 0.1) is 0 Å². The van der Waals surface area contributed by atoms with Crippen molar-refractivity contribution in [2.24, 2.45) is 0 Å². The summed E-state index contributed by atoms with van der Waals surface area (Å²) in [6, 6.07) is 11.4. The number of carbonyl (C=O) groups excluding carboxylic acids is 1. The molecule has 3 aromatic rings. The van der Waals surface area contributed by atoms with Crippen LogP contribution >= 0.6 is 22.9 Å². The number of benzene rings is 1. The lowest BCUT2D eigenvalue weighted by atomic mass is 9.79. The highest BCUT2D eigenvalue weighted by molar-refractivity contribution is 7.16. The third kappa shape index (κ3) is 1.93. The number of fused-ring (bicyclic) bond motifs is 5. The van der Waals surface area contributed by atoms with Gasteiger partial charge in [-0.15, -0.1) is 11.3 Å². The SMILES string of the molecule is O=C1N(Cc2ccc(Cl)s2)n2cccc2C12COc1cc3c(cc12)OCO3. The van der Waals surface area contributed by atoms with E-state index < -0.39 is 5.41 Å². The Kier molecular flexibility index (Phi) is 2.97. The van der Waals surface area contributed by atoms with Crippen molar-refractivity contribution in [3.8, 4) is 17.2 Å². The first-order valence-corrected chi connectivity index (χ1v) is 9.67. The quantitative estimate of drug-likeness (QED) is 0.662. The first-order chi connectivity index (χ1) is 13.2. The highest BCUT2D eigenvalue weighted by atomic mass is 35.5. The average Bonchev–Trinajstić information content (AvgIpc) is 3.44. The Morgan fingerprint density at radius 2 is 1.96 bits per heavy atom. The first kappa shape index (κ1) is 15.4. The van der Waals surface area contributed by atoms with E-state index in [1.54, 1.807) is 5.01 Å². The second kappa shape index (κ2) is 5.21. The summed E-state index contributed by atoms with van der Waals surface area (Å²) < 4.78 is 19.5. The van der Waals surface area contributed by atoms with Crippen LogP contribution in [0.25, 0.3) is 0 Å². The molecule has 1 unspecified atom stereocenters. The minimum Gasteiger partial charge on any atom is -0.491 e. The van der Waals surface area contributed by atoms with Gasteiger partial charge in [-0.25, -0.2) is 5.01 Å². The van der Waals surface area contributed by atoms with E-state index >= 15 is 0 Å². The Morgan fingerprint density at radius 1 is 1.11 bits per heavy atom. The maximum absolute atomic E-state index is 13.6. The van der Waals surface area contributed by atoms with E-state index in [1.165, 1.54) is 11.3 Å². The molecule has 3 aliphatic heterocycles. The maximum atomic E-state index is 13.6. The molecule has 5 heterocycles. The summed E-state index contributed by atoms with van der Waals surface area (Å²) in [5.74, 6) is 1.95. The fraction of sp³-hybridized carbons (Fsp3) is 0.211. The van der Waals surface area contributed by atoms with E-state index in [4.69, 9.17) is 25.8 Å². The fourth-order valence-corrected chi connectivity index (χ4v) is 5.18. The first-order valence-electron chi connectivity index (χ1n) is 8.48. The topological polar surface area (TPSA) is 52.9 Å². The van der Waals surface area contributed by atoms with Gasteiger partial charge in [0.2, 0.25) is 6.79 Å². The van der Waals surface area contributed by atoms with Gasteiger partial charge in [0.1, 0.15) is 12.4 Å². The summed E-state index contributed by atoms with van der Waals surface area (Å²) in [4.78, 5) is 14.7. The van der Waals surface area contributed by atoms with Crippen molar-refractivity contribution in [3.05, 3.63) is 63.1 Å². The largest absolute Gasteiger partial charge is 0.491 e. The molecule has 0 N–H and O–H groups in total. The molecule has 0 saturated heterocycles. The minimum atomic E-state index is -0.874. The normalized spacial score (nSPS) is 21.7. The van der Waals surface area contributed by atoms with Crippen LogP contribution in [0.15, 0.2) is 42.6 Å². The summed E-state index contributed by atoms with van der Waals surface area (Å²) in [5, 5.41) is 1.75. The number of nitrogens with zero attached hydrogens (tertiary/aromatic N) is 2. The molecule has 1 atom stereocenters. The number of halogens is 1. The molecule has 3 aliphatic rings. The molecule has 6 rings (SSSR count). The molecule has 0 aliphatic carbocycles. The molecule has 1 aromatic carbocycles.